The fourth-order valence-corrected chi connectivity index (χ4v) is 2.06. The molecule has 20 heavy (non-hydrogen) atoms. The minimum absolute atomic E-state index is 0.0826. The van der Waals surface area contributed by atoms with Crippen LogP contribution in [0.25, 0.3) is 0 Å². The lowest BCUT2D eigenvalue weighted by molar-refractivity contribution is 0.0696. The molecule has 0 spiro atoms. The van der Waals surface area contributed by atoms with E-state index in [9.17, 15) is 13.6 Å². The first-order valence-electron chi connectivity index (χ1n) is 5.57. The molecule has 3 nitrogen and oxygen atoms in total. The fraction of sp³-hybridized carbons (Fsp3) is 0.0714. The van der Waals surface area contributed by atoms with Crippen molar-refractivity contribution in [2.75, 3.05) is 0 Å². The van der Waals surface area contributed by atoms with Crippen LogP contribution in [0, 0.1) is 11.6 Å². The summed E-state index contributed by atoms with van der Waals surface area (Å²) in [7, 11) is 0. The summed E-state index contributed by atoms with van der Waals surface area (Å²) in [6, 6.07) is 8.02. The number of carboxylic acids is 1. The van der Waals surface area contributed by atoms with E-state index in [-0.39, 0.29) is 17.7 Å². The maximum atomic E-state index is 13.4. The van der Waals surface area contributed by atoms with Crippen LogP contribution >= 0.6 is 15.9 Å². The van der Waals surface area contributed by atoms with Crippen LogP contribution in [-0.4, -0.2) is 11.1 Å². The summed E-state index contributed by atoms with van der Waals surface area (Å²) in [6.07, 6.45) is 0. The van der Waals surface area contributed by atoms with Crippen LogP contribution < -0.4 is 4.74 Å². The van der Waals surface area contributed by atoms with Gasteiger partial charge in [-0.15, -0.1) is 0 Å². The van der Waals surface area contributed by atoms with Crippen molar-refractivity contribution >= 4 is 21.9 Å². The average Bonchev–Trinajstić information content (AvgIpc) is 2.41. The predicted octanol–water partition coefficient (Wildman–Crippen LogP) is 4.00. The molecule has 6 heteroatoms. The summed E-state index contributed by atoms with van der Waals surface area (Å²) in [5.74, 6) is -2.61. The highest BCUT2D eigenvalue weighted by atomic mass is 79.9. The number of aromatic carboxylic acids is 1. The standard InChI is InChI=1S/C14H9BrF2O3/c15-10-6-8(14(18)19)4-5-12(10)20-7-9-2-1-3-11(16)13(9)17/h1-6H,7H2,(H,18,19). The van der Waals surface area contributed by atoms with Gasteiger partial charge in [-0.05, 0) is 40.2 Å². The third-order valence-corrected chi connectivity index (χ3v) is 3.21. The molecule has 2 rings (SSSR count). The number of carboxylic acid groups (broad SMARTS) is 1. The summed E-state index contributed by atoms with van der Waals surface area (Å²) in [6.45, 7) is -0.158. The van der Waals surface area contributed by atoms with Crippen molar-refractivity contribution in [2.24, 2.45) is 0 Å². The third-order valence-electron chi connectivity index (χ3n) is 2.59. The van der Waals surface area contributed by atoms with Gasteiger partial charge in [0.1, 0.15) is 12.4 Å². The van der Waals surface area contributed by atoms with Gasteiger partial charge in [0, 0.05) is 5.56 Å². The summed E-state index contributed by atoms with van der Waals surface area (Å²) < 4.78 is 32.2. The van der Waals surface area contributed by atoms with Gasteiger partial charge in [-0.25, -0.2) is 13.6 Å². The molecule has 0 aromatic heterocycles. The molecule has 0 heterocycles. The summed E-state index contributed by atoms with van der Waals surface area (Å²) in [5, 5.41) is 8.82. The van der Waals surface area contributed by atoms with Crippen LogP contribution in [0.3, 0.4) is 0 Å². The van der Waals surface area contributed by atoms with Gasteiger partial charge in [-0.2, -0.15) is 0 Å². The van der Waals surface area contributed by atoms with Crippen LogP contribution in [0.1, 0.15) is 15.9 Å². The zero-order valence-electron chi connectivity index (χ0n) is 10.1. The lowest BCUT2D eigenvalue weighted by atomic mass is 10.2. The molecule has 0 fully saturated rings. The van der Waals surface area contributed by atoms with Crippen molar-refractivity contribution in [3.63, 3.8) is 0 Å². The second-order valence-corrected chi connectivity index (χ2v) is 4.81. The number of halogens is 3. The first kappa shape index (κ1) is 14.5. The molecule has 0 aliphatic carbocycles. The second-order valence-electron chi connectivity index (χ2n) is 3.95. The van der Waals surface area contributed by atoms with Gasteiger partial charge >= 0.3 is 5.97 Å². The minimum atomic E-state index is -1.06. The quantitative estimate of drug-likeness (QED) is 0.913. The molecule has 2 aromatic carbocycles. The van der Waals surface area contributed by atoms with Crippen molar-refractivity contribution < 1.29 is 23.4 Å². The number of hydrogen-bond donors (Lipinski definition) is 1. The first-order valence-corrected chi connectivity index (χ1v) is 6.37. The smallest absolute Gasteiger partial charge is 0.335 e. The highest BCUT2D eigenvalue weighted by Crippen LogP contribution is 2.27. The molecule has 0 saturated carbocycles. The van der Waals surface area contributed by atoms with E-state index in [0.29, 0.717) is 10.2 Å². The van der Waals surface area contributed by atoms with E-state index in [2.05, 4.69) is 15.9 Å². The van der Waals surface area contributed by atoms with Crippen molar-refractivity contribution in [1.82, 2.24) is 0 Å². The van der Waals surface area contributed by atoms with Gasteiger partial charge in [-0.1, -0.05) is 12.1 Å². The highest BCUT2D eigenvalue weighted by molar-refractivity contribution is 9.10. The summed E-state index contributed by atoms with van der Waals surface area (Å²) >= 11 is 3.17. The van der Waals surface area contributed by atoms with Crippen LogP contribution in [0.2, 0.25) is 0 Å². The van der Waals surface area contributed by atoms with E-state index in [0.717, 1.165) is 6.07 Å². The molecule has 0 bridgehead atoms. The van der Waals surface area contributed by atoms with Gasteiger partial charge in [0.05, 0.1) is 10.0 Å². The zero-order valence-corrected chi connectivity index (χ0v) is 11.7. The first-order chi connectivity index (χ1) is 9.49. The summed E-state index contributed by atoms with van der Waals surface area (Å²) in [4.78, 5) is 10.8. The molecule has 1 N–H and O–H groups in total. The van der Waals surface area contributed by atoms with Crippen LogP contribution in [0.4, 0.5) is 8.78 Å². The van der Waals surface area contributed by atoms with E-state index >= 15 is 0 Å². The number of rotatable bonds is 4. The van der Waals surface area contributed by atoms with Gasteiger partial charge in [0.2, 0.25) is 0 Å². The third kappa shape index (κ3) is 3.14. The molecule has 2 aromatic rings. The molecule has 104 valence electrons. The SMILES string of the molecule is O=C(O)c1ccc(OCc2cccc(F)c2F)c(Br)c1. The van der Waals surface area contributed by atoms with Gasteiger partial charge in [0.25, 0.3) is 0 Å². The molecule has 0 aliphatic heterocycles. The highest BCUT2D eigenvalue weighted by Gasteiger charge is 2.11. The molecule has 0 radical (unpaired) electrons. The number of ether oxygens (including phenoxy) is 1. The van der Waals surface area contributed by atoms with Crippen LogP contribution in [0.15, 0.2) is 40.9 Å². The van der Waals surface area contributed by atoms with E-state index in [1.807, 2.05) is 0 Å². The van der Waals surface area contributed by atoms with Crippen LogP contribution in [-0.2, 0) is 6.61 Å². The fourth-order valence-electron chi connectivity index (χ4n) is 1.57. The Bertz CT molecular complexity index is 659. The molecular formula is C14H9BrF2O3. The van der Waals surface area contributed by atoms with Gasteiger partial charge < -0.3 is 9.84 Å². The number of carbonyl (C=O) groups is 1. The largest absolute Gasteiger partial charge is 0.488 e. The number of benzene rings is 2. The van der Waals surface area contributed by atoms with Crippen molar-refractivity contribution in [2.45, 2.75) is 6.61 Å². The summed E-state index contributed by atoms with van der Waals surface area (Å²) in [5.41, 5.74) is 0.181. The van der Waals surface area contributed by atoms with E-state index in [1.165, 1.54) is 30.3 Å². The minimum Gasteiger partial charge on any atom is -0.488 e. The Morgan fingerprint density at radius 1 is 1.25 bits per heavy atom. The molecule has 0 atom stereocenters. The molecule has 0 amide bonds. The van der Waals surface area contributed by atoms with Crippen molar-refractivity contribution in [3.05, 3.63) is 63.6 Å². The molecular weight excluding hydrogens is 334 g/mol. The zero-order chi connectivity index (χ0) is 14.7. The van der Waals surface area contributed by atoms with Crippen molar-refractivity contribution in [3.8, 4) is 5.75 Å². The van der Waals surface area contributed by atoms with Crippen molar-refractivity contribution in [1.29, 1.82) is 0 Å². The van der Waals surface area contributed by atoms with Gasteiger partial charge in [-0.3, -0.25) is 0 Å². The van der Waals surface area contributed by atoms with Crippen LogP contribution in [0.5, 0.6) is 5.75 Å². The lowest BCUT2D eigenvalue weighted by Crippen LogP contribution is -2.02. The predicted molar refractivity (Wildman–Crippen MR) is 71.8 cm³/mol. The topological polar surface area (TPSA) is 46.5 Å². The normalized spacial score (nSPS) is 10.3. The Morgan fingerprint density at radius 3 is 2.65 bits per heavy atom. The number of hydrogen-bond acceptors (Lipinski definition) is 2. The monoisotopic (exact) mass is 342 g/mol. The molecule has 0 unspecified atom stereocenters. The Kier molecular flexibility index (Phi) is 4.34. The molecule has 0 aliphatic rings. The second kappa shape index (κ2) is 6.00. The Morgan fingerprint density at radius 2 is 2.00 bits per heavy atom. The van der Waals surface area contributed by atoms with E-state index in [1.54, 1.807) is 0 Å². The van der Waals surface area contributed by atoms with E-state index < -0.39 is 17.6 Å². The Hall–Kier alpha value is -1.95. The van der Waals surface area contributed by atoms with Gasteiger partial charge in [0.15, 0.2) is 11.6 Å². The Balaban J connectivity index is 2.15. The maximum Gasteiger partial charge on any atom is 0.335 e. The maximum absolute atomic E-state index is 13.4. The van der Waals surface area contributed by atoms with E-state index in [4.69, 9.17) is 9.84 Å². The lowest BCUT2D eigenvalue weighted by Gasteiger charge is -2.09. The average molecular weight is 343 g/mol. The Labute approximate surface area is 121 Å². The molecule has 0 saturated heterocycles.